The molecule has 176 valence electrons. The van der Waals surface area contributed by atoms with Crippen LogP contribution in [0.1, 0.15) is 32.8 Å². The first-order valence-corrected chi connectivity index (χ1v) is 10.8. The average Bonchev–Trinajstić information content (AvgIpc) is 2.80. The molecule has 0 heterocycles. The third-order valence-electron chi connectivity index (χ3n) is 4.35. The predicted molar refractivity (Wildman–Crippen MR) is 127 cm³/mol. The fourth-order valence-electron chi connectivity index (χ4n) is 2.49. The Morgan fingerprint density at radius 1 is 1.06 bits per heavy atom. The topological polar surface area (TPSA) is 118 Å². The Kier molecular flexibility index (Phi) is 10.2. The van der Waals surface area contributed by atoms with Gasteiger partial charge in [0.25, 0.3) is 5.91 Å². The number of amides is 3. The zero-order valence-corrected chi connectivity index (χ0v) is 19.4. The average molecular weight is 475 g/mol. The minimum Gasteiger partial charge on any atom is -0.490 e. The lowest BCUT2D eigenvalue weighted by molar-refractivity contribution is -0.139. The fraction of sp³-hybridized carbons (Fsp3) is 0.304. The molecule has 2 aromatic rings. The summed E-state index contributed by atoms with van der Waals surface area (Å²) in [5, 5.41) is 9.45. The van der Waals surface area contributed by atoms with Crippen molar-refractivity contribution in [3.05, 3.63) is 53.1 Å². The van der Waals surface area contributed by atoms with Crippen LogP contribution in [0, 0.1) is 0 Å². The highest BCUT2D eigenvalue weighted by atomic mass is 35.5. The molecule has 0 radical (unpaired) electrons. The number of carbonyl (C=O) groups is 3. The lowest BCUT2D eigenvalue weighted by Crippen LogP contribution is -2.41. The molecule has 33 heavy (non-hydrogen) atoms. The van der Waals surface area contributed by atoms with Crippen LogP contribution in [0.15, 0.2) is 47.6 Å². The van der Waals surface area contributed by atoms with Crippen molar-refractivity contribution >= 4 is 41.2 Å². The van der Waals surface area contributed by atoms with Crippen LogP contribution in [-0.4, -0.2) is 43.2 Å². The lowest BCUT2D eigenvalue weighted by atomic mass is 10.2. The van der Waals surface area contributed by atoms with Crippen molar-refractivity contribution < 1.29 is 23.9 Å². The highest BCUT2D eigenvalue weighted by Gasteiger charge is 2.14. The summed E-state index contributed by atoms with van der Waals surface area (Å²) in [5.74, 6) is -1.24. The lowest BCUT2D eigenvalue weighted by Gasteiger charge is -2.13. The van der Waals surface area contributed by atoms with E-state index in [0.717, 1.165) is 0 Å². The van der Waals surface area contributed by atoms with E-state index in [2.05, 4.69) is 21.2 Å². The highest BCUT2D eigenvalue weighted by molar-refractivity contribution is 6.35. The van der Waals surface area contributed by atoms with Crippen LogP contribution < -0.4 is 25.5 Å². The molecule has 2 rings (SSSR count). The number of halogens is 1. The number of hydrogen-bond acceptors (Lipinski definition) is 6. The molecule has 0 bridgehead atoms. The van der Waals surface area contributed by atoms with Crippen LogP contribution in [0.2, 0.25) is 5.02 Å². The molecule has 0 saturated carbocycles. The summed E-state index contributed by atoms with van der Waals surface area (Å²) in [6.07, 6.45) is 2.07. The predicted octanol–water partition coefficient (Wildman–Crippen LogP) is 3.12. The van der Waals surface area contributed by atoms with E-state index in [-0.39, 0.29) is 18.6 Å². The van der Waals surface area contributed by atoms with Gasteiger partial charge in [-0.2, -0.15) is 5.10 Å². The number of anilines is 1. The second-order valence-electron chi connectivity index (χ2n) is 6.94. The van der Waals surface area contributed by atoms with E-state index in [9.17, 15) is 14.4 Å². The standard InChI is InChI=1S/C23H27ClN4O5/c1-4-15(3)26-22(30)23(31)28-25-13-16-10-11-19(20(12-16)32-5-2)33-14-21(29)27-18-9-7-6-8-17(18)24/h6-13,15H,4-5,14H2,1-3H3,(H,26,30)(H,27,29)(H,28,31)/b25-13-/t15-/m0/s1. The van der Waals surface area contributed by atoms with Crippen LogP contribution >= 0.6 is 11.6 Å². The van der Waals surface area contributed by atoms with Crippen molar-refractivity contribution in [2.75, 3.05) is 18.5 Å². The van der Waals surface area contributed by atoms with Crippen LogP contribution in [0.5, 0.6) is 11.5 Å². The molecule has 1 atom stereocenters. The molecular formula is C23H27ClN4O5. The summed E-state index contributed by atoms with van der Waals surface area (Å²) in [6.45, 7) is 5.63. The first kappa shape index (κ1) is 25.7. The number of benzene rings is 2. The van der Waals surface area contributed by atoms with E-state index in [1.165, 1.54) is 6.21 Å². The van der Waals surface area contributed by atoms with E-state index >= 15 is 0 Å². The van der Waals surface area contributed by atoms with Crippen molar-refractivity contribution in [2.24, 2.45) is 5.10 Å². The number of nitrogens with zero attached hydrogens (tertiary/aromatic N) is 1. The maximum atomic E-state index is 12.2. The number of carbonyl (C=O) groups excluding carboxylic acids is 3. The highest BCUT2D eigenvalue weighted by Crippen LogP contribution is 2.28. The number of rotatable bonds is 10. The molecule has 0 spiro atoms. The van der Waals surface area contributed by atoms with Gasteiger partial charge in [-0.05, 0) is 56.2 Å². The molecule has 0 aromatic heterocycles. The van der Waals surface area contributed by atoms with Crippen LogP contribution in [0.3, 0.4) is 0 Å². The minimum absolute atomic E-state index is 0.111. The molecule has 0 aliphatic rings. The van der Waals surface area contributed by atoms with Gasteiger partial charge in [0, 0.05) is 6.04 Å². The summed E-state index contributed by atoms with van der Waals surface area (Å²) in [5.41, 5.74) is 3.26. The Morgan fingerprint density at radius 2 is 1.82 bits per heavy atom. The third kappa shape index (κ3) is 8.46. The second kappa shape index (κ2) is 13.1. The van der Waals surface area contributed by atoms with Crippen molar-refractivity contribution in [1.82, 2.24) is 10.7 Å². The number of ether oxygens (including phenoxy) is 2. The Balaban J connectivity index is 1.96. The van der Waals surface area contributed by atoms with Gasteiger partial charge in [-0.25, -0.2) is 5.43 Å². The van der Waals surface area contributed by atoms with Crippen molar-refractivity contribution in [3.8, 4) is 11.5 Å². The van der Waals surface area contributed by atoms with E-state index in [0.29, 0.717) is 40.8 Å². The van der Waals surface area contributed by atoms with Crippen molar-refractivity contribution in [2.45, 2.75) is 33.2 Å². The summed E-state index contributed by atoms with van der Waals surface area (Å²) >= 11 is 6.04. The smallest absolute Gasteiger partial charge is 0.329 e. The first-order chi connectivity index (χ1) is 15.8. The molecule has 0 aliphatic heterocycles. The number of nitrogens with one attached hydrogen (secondary N) is 3. The minimum atomic E-state index is -0.860. The van der Waals surface area contributed by atoms with E-state index < -0.39 is 11.8 Å². The Bertz CT molecular complexity index is 1010. The summed E-state index contributed by atoms with van der Waals surface area (Å²) in [4.78, 5) is 35.7. The Labute approximate surface area is 197 Å². The van der Waals surface area contributed by atoms with Gasteiger partial charge >= 0.3 is 11.8 Å². The Hall–Kier alpha value is -3.59. The van der Waals surface area contributed by atoms with Gasteiger partial charge in [-0.3, -0.25) is 14.4 Å². The molecular weight excluding hydrogens is 448 g/mol. The Morgan fingerprint density at radius 3 is 2.52 bits per heavy atom. The van der Waals surface area contributed by atoms with Gasteiger partial charge in [0.05, 0.1) is 23.5 Å². The van der Waals surface area contributed by atoms with E-state index in [1.54, 1.807) is 49.4 Å². The van der Waals surface area contributed by atoms with Crippen LogP contribution in [0.4, 0.5) is 5.69 Å². The maximum absolute atomic E-state index is 12.2. The molecule has 0 saturated heterocycles. The maximum Gasteiger partial charge on any atom is 0.329 e. The van der Waals surface area contributed by atoms with Gasteiger partial charge in [0.15, 0.2) is 18.1 Å². The van der Waals surface area contributed by atoms with Gasteiger partial charge in [-0.1, -0.05) is 30.7 Å². The quantitative estimate of drug-likeness (QED) is 0.278. The second-order valence-corrected chi connectivity index (χ2v) is 7.34. The zero-order valence-electron chi connectivity index (χ0n) is 18.7. The van der Waals surface area contributed by atoms with Crippen molar-refractivity contribution in [1.29, 1.82) is 0 Å². The number of hydrazone groups is 1. The SMILES string of the molecule is CCOc1cc(/C=N\NC(=O)C(=O)N[C@@H](C)CC)ccc1OCC(=O)Nc1ccccc1Cl. The largest absolute Gasteiger partial charge is 0.490 e. The van der Waals surface area contributed by atoms with Gasteiger partial charge < -0.3 is 20.1 Å². The van der Waals surface area contributed by atoms with Crippen LogP contribution in [-0.2, 0) is 14.4 Å². The number of hydrogen-bond donors (Lipinski definition) is 3. The summed E-state index contributed by atoms with van der Waals surface area (Å²) in [6, 6.07) is 11.7. The molecule has 3 N–H and O–H groups in total. The molecule has 0 unspecified atom stereocenters. The number of para-hydroxylation sites is 1. The molecule has 3 amide bonds. The zero-order chi connectivity index (χ0) is 24.2. The molecule has 10 heteroatoms. The van der Waals surface area contributed by atoms with E-state index in [4.69, 9.17) is 21.1 Å². The van der Waals surface area contributed by atoms with Gasteiger partial charge in [0.1, 0.15) is 0 Å². The summed E-state index contributed by atoms with van der Waals surface area (Å²) in [7, 11) is 0. The summed E-state index contributed by atoms with van der Waals surface area (Å²) < 4.78 is 11.2. The molecule has 2 aromatic carbocycles. The van der Waals surface area contributed by atoms with E-state index in [1.807, 2.05) is 13.8 Å². The van der Waals surface area contributed by atoms with Gasteiger partial charge in [-0.15, -0.1) is 0 Å². The normalized spacial score (nSPS) is 11.5. The van der Waals surface area contributed by atoms with Crippen LogP contribution in [0.25, 0.3) is 0 Å². The third-order valence-corrected chi connectivity index (χ3v) is 4.68. The molecule has 9 nitrogen and oxygen atoms in total. The molecule has 0 fully saturated rings. The van der Waals surface area contributed by atoms with Crippen molar-refractivity contribution in [3.63, 3.8) is 0 Å². The van der Waals surface area contributed by atoms with Gasteiger partial charge in [0.2, 0.25) is 0 Å². The first-order valence-electron chi connectivity index (χ1n) is 10.4. The fourth-order valence-corrected chi connectivity index (χ4v) is 2.68. The monoisotopic (exact) mass is 474 g/mol. The molecule has 0 aliphatic carbocycles.